The molecule has 0 aliphatic carbocycles. The maximum Gasteiger partial charge on any atom is 0.120 e. The monoisotopic (exact) mass is 258 g/mol. The van der Waals surface area contributed by atoms with Crippen LogP contribution in [0.25, 0.3) is 0 Å². The number of nitrogens with one attached hydrogen (secondary N) is 1. The van der Waals surface area contributed by atoms with E-state index in [9.17, 15) is 0 Å². The van der Waals surface area contributed by atoms with E-state index >= 15 is 0 Å². The third-order valence-electron chi connectivity index (χ3n) is 4.41. The molecule has 3 aliphatic heterocycles. The van der Waals surface area contributed by atoms with Crippen molar-refractivity contribution >= 4 is 11.8 Å². The Hall–Kier alpha value is 0.190. The molecule has 3 heterocycles. The molecule has 98 valence electrons. The number of hydrogen-bond acceptors (Lipinski definition) is 5. The standard InChI is InChI=1S/C12H22N2O2S/c1-14-4-5-15-9-11(14)8-13-12(16-10-11)2-6-17-7-3-12/h13H,2-10H2,1H3. The molecule has 3 fully saturated rings. The van der Waals surface area contributed by atoms with Crippen molar-refractivity contribution in [2.75, 3.05) is 51.5 Å². The Kier molecular flexibility index (Phi) is 3.38. The fourth-order valence-corrected chi connectivity index (χ4v) is 4.02. The lowest BCUT2D eigenvalue weighted by Gasteiger charge is -2.53. The van der Waals surface area contributed by atoms with Crippen LogP contribution in [0.15, 0.2) is 0 Å². The predicted octanol–water partition coefficient (Wildman–Crippen LogP) is 0.530. The zero-order chi connectivity index (χ0) is 11.8. The molecule has 0 aromatic rings. The summed E-state index contributed by atoms with van der Waals surface area (Å²) in [4.78, 5) is 2.40. The molecule has 0 bridgehead atoms. The molecule has 3 saturated heterocycles. The van der Waals surface area contributed by atoms with E-state index in [4.69, 9.17) is 9.47 Å². The third-order valence-corrected chi connectivity index (χ3v) is 5.39. The van der Waals surface area contributed by atoms with Gasteiger partial charge in [0.15, 0.2) is 0 Å². The first-order valence-corrected chi connectivity index (χ1v) is 7.66. The number of rotatable bonds is 0. The van der Waals surface area contributed by atoms with Crippen LogP contribution in [0.1, 0.15) is 12.8 Å². The van der Waals surface area contributed by atoms with E-state index in [1.165, 1.54) is 11.5 Å². The van der Waals surface area contributed by atoms with Gasteiger partial charge in [-0.15, -0.1) is 0 Å². The first kappa shape index (κ1) is 12.2. The normalized spacial score (nSPS) is 38.6. The van der Waals surface area contributed by atoms with Gasteiger partial charge in [-0.05, 0) is 31.4 Å². The van der Waals surface area contributed by atoms with Crippen molar-refractivity contribution in [2.45, 2.75) is 24.1 Å². The number of thioether (sulfide) groups is 1. The Morgan fingerprint density at radius 2 is 2.06 bits per heavy atom. The van der Waals surface area contributed by atoms with Gasteiger partial charge in [-0.2, -0.15) is 11.8 Å². The molecular weight excluding hydrogens is 236 g/mol. The van der Waals surface area contributed by atoms with Crippen LogP contribution in [0.2, 0.25) is 0 Å². The van der Waals surface area contributed by atoms with Gasteiger partial charge in [-0.25, -0.2) is 0 Å². The molecule has 5 heteroatoms. The summed E-state index contributed by atoms with van der Waals surface area (Å²) in [5, 5.41) is 3.67. The Morgan fingerprint density at radius 1 is 1.24 bits per heavy atom. The fourth-order valence-electron chi connectivity index (χ4n) is 2.87. The van der Waals surface area contributed by atoms with Crippen molar-refractivity contribution in [2.24, 2.45) is 0 Å². The summed E-state index contributed by atoms with van der Waals surface area (Å²) in [6.07, 6.45) is 2.27. The van der Waals surface area contributed by atoms with Gasteiger partial charge in [-0.3, -0.25) is 10.2 Å². The van der Waals surface area contributed by atoms with Crippen LogP contribution >= 0.6 is 11.8 Å². The summed E-state index contributed by atoms with van der Waals surface area (Å²) in [5.74, 6) is 2.43. The molecule has 0 radical (unpaired) electrons. The van der Waals surface area contributed by atoms with Crippen LogP contribution in [0.3, 0.4) is 0 Å². The Labute approximate surface area is 107 Å². The van der Waals surface area contributed by atoms with Gasteiger partial charge in [-0.1, -0.05) is 0 Å². The summed E-state index contributed by atoms with van der Waals surface area (Å²) in [5.41, 5.74) is 0.0306. The van der Waals surface area contributed by atoms with Gasteiger partial charge in [0.1, 0.15) is 5.72 Å². The van der Waals surface area contributed by atoms with E-state index in [2.05, 4.69) is 17.3 Å². The quantitative estimate of drug-likeness (QED) is 0.685. The molecule has 0 aromatic carbocycles. The van der Waals surface area contributed by atoms with Crippen molar-refractivity contribution in [3.8, 4) is 0 Å². The maximum absolute atomic E-state index is 6.22. The summed E-state index contributed by atoms with van der Waals surface area (Å²) < 4.78 is 11.9. The van der Waals surface area contributed by atoms with Crippen LogP contribution in [0.5, 0.6) is 0 Å². The molecule has 0 aromatic heterocycles. The number of morpholine rings is 1. The Bertz CT molecular complexity index is 272. The van der Waals surface area contributed by atoms with E-state index in [0.717, 1.165) is 45.8 Å². The highest BCUT2D eigenvalue weighted by Crippen LogP contribution is 2.34. The molecule has 17 heavy (non-hydrogen) atoms. The minimum atomic E-state index is -0.0329. The number of likely N-dealkylation sites (N-methyl/N-ethyl adjacent to an activating group) is 1. The Morgan fingerprint density at radius 3 is 2.71 bits per heavy atom. The van der Waals surface area contributed by atoms with Crippen LogP contribution in [0.4, 0.5) is 0 Å². The molecule has 3 aliphatic rings. The second-order valence-corrected chi connectivity index (χ2v) is 6.67. The van der Waals surface area contributed by atoms with Crippen LogP contribution in [0, 0.1) is 0 Å². The highest BCUT2D eigenvalue weighted by atomic mass is 32.2. The minimum Gasteiger partial charge on any atom is -0.378 e. The van der Waals surface area contributed by atoms with E-state index in [0.29, 0.717) is 0 Å². The zero-order valence-electron chi connectivity index (χ0n) is 10.5. The van der Waals surface area contributed by atoms with Crippen molar-refractivity contribution in [3.63, 3.8) is 0 Å². The first-order valence-electron chi connectivity index (χ1n) is 6.51. The molecule has 1 unspecified atom stereocenters. The average Bonchev–Trinajstić information content (AvgIpc) is 2.38. The van der Waals surface area contributed by atoms with Gasteiger partial charge in [0.2, 0.25) is 0 Å². The highest BCUT2D eigenvalue weighted by molar-refractivity contribution is 7.99. The van der Waals surface area contributed by atoms with Gasteiger partial charge < -0.3 is 9.47 Å². The van der Waals surface area contributed by atoms with Crippen molar-refractivity contribution < 1.29 is 9.47 Å². The van der Waals surface area contributed by atoms with Crippen molar-refractivity contribution in [1.29, 1.82) is 0 Å². The summed E-state index contributed by atoms with van der Waals surface area (Å²) >= 11 is 2.04. The second-order valence-electron chi connectivity index (χ2n) is 5.45. The van der Waals surface area contributed by atoms with Gasteiger partial charge in [0.25, 0.3) is 0 Å². The lowest BCUT2D eigenvalue weighted by atomic mass is 9.93. The number of hydrogen-bond donors (Lipinski definition) is 1. The van der Waals surface area contributed by atoms with Crippen molar-refractivity contribution in [1.82, 2.24) is 10.2 Å². The Balaban J connectivity index is 1.66. The summed E-state index contributed by atoms with van der Waals surface area (Å²) in [6.45, 7) is 4.45. The average molecular weight is 258 g/mol. The van der Waals surface area contributed by atoms with Crippen LogP contribution in [-0.4, -0.2) is 67.6 Å². The fraction of sp³-hybridized carbons (Fsp3) is 1.00. The number of ether oxygens (including phenoxy) is 2. The maximum atomic E-state index is 6.22. The molecule has 0 saturated carbocycles. The minimum absolute atomic E-state index is 0.0329. The molecule has 2 spiro atoms. The van der Waals surface area contributed by atoms with E-state index in [-0.39, 0.29) is 11.3 Å². The molecule has 1 atom stereocenters. The van der Waals surface area contributed by atoms with Crippen molar-refractivity contribution in [3.05, 3.63) is 0 Å². The van der Waals surface area contributed by atoms with Crippen LogP contribution < -0.4 is 5.32 Å². The lowest BCUT2D eigenvalue weighted by Crippen LogP contribution is -2.71. The SMILES string of the molecule is CN1CCOCC12CNC1(CCSCC1)OC2. The molecule has 4 nitrogen and oxygen atoms in total. The summed E-state index contributed by atoms with van der Waals surface area (Å²) in [6, 6.07) is 0. The van der Waals surface area contributed by atoms with Gasteiger partial charge in [0.05, 0.1) is 25.4 Å². The number of nitrogens with zero attached hydrogens (tertiary/aromatic N) is 1. The van der Waals surface area contributed by atoms with E-state index < -0.39 is 0 Å². The smallest absolute Gasteiger partial charge is 0.120 e. The van der Waals surface area contributed by atoms with E-state index in [1.54, 1.807) is 0 Å². The molecule has 0 amide bonds. The molecular formula is C12H22N2O2S. The predicted molar refractivity (Wildman–Crippen MR) is 69.4 cm³/mol. The topological polar surface area (TPSA) is 33.7 Å². The van der Waals surface area contributed by atoms with Gasteiger partial charge in [0, 0.05) is 13.1 Å². The molecule has 3 rings (SSSR count). The highest BCUT2D eigenvalue weighted by Gasteiger charge is 2.47. The molecule has 1 N–H and O–H groups in total. The lowest BCUT2D eigenvalue weighted by molar-refractivity contribution is -0.186. The van der Waals surface area contributed by atoms with Gasteiger partial charge >= 0.3 is 0 Å². The zero-order valence-corrected chi connectivity index (χ0v) is 11.4. The largest absolute Gasteiger partial charge is 0.378 e. The second kappa shape index (κ2) is 4.70. The first-order chi connectivity index (χ1) is 8.25. The van der Waals surface area contributed by atoms with Crippen LogP contribution in [-0.2, 0) is 9.47 Å². The summed E-state index contributed by atoms with van der Waals surface area (Å²) in [7, 11) is 2.18. The third kappa shape index (κ3) is 2.24. The van der Waals surface area contributed by atoms with E-state index in [1.807, 2.05) is 11.8 Å².